The van der Waals surface area contributed by atoms with Gasteiger partial charge in [0.15, 0.2) is 5.82 Å². The summed E-state index contributed by atoms with van der Waals surface area (Å²) in [5, 5.41) is 6.83. The molecule has 0 unspecified atom stereocenters. The summed E-state index contributed by atoms with van der Waals surface area (Å²) in [5.74, 6) is -2.13. The van der Waals surface area contributed by atoms with Crippen LogP contribution in [0.25, 0.3) is 0 Å². The van der Waals surface area contributed by atoms with E-state index in [1.807, 2.05) is 0 Å². The SMILES string of the molecule is N=C(N)c1cc(C(F)(F)F)c(F)cn1. The van der Waals surface area contributed by atoms with Crippen LogP contribution in [0, 0.1) is 11.2 Å². The summed E-state index contributed by atoms with van der Waals surface area (Å²) >= 11 is 0. The van der Waals surface area contributed by atoms with Crippen molar-refractivity contribution < 1.29 is 17.6 Å². The maximum atomic E-state index is 12.6. The highest BCUT2D eigenvalue weighted by molar-refractivity contribution is 5.93. The Kier molecular flexibility index (Phi) is 2.41. The van der Waals surface area contributed by atoms with Crippen molar-refractivity contribution in [3.63, 3.8) is 0 Å². The van der Waals surface area contributed by atoms with Crippen molar-refractivity contribution in [2.45, 2.75) is 6.18 Å². The highest BCUT2D eigenvalue weighted by atomic mass is 19.4. The lowest BCUT2D eigenvalue weighted by atomic mass is 10.2. The first-order valence-corrected chi connectivity index (χ1v) is 3.39. The van der Waals surface area contributed by atoms with Gasteiger partial charge in [-0.1, -0.05) is 0 Å². The zero-order chi connectivity index (χ0) is 10.9. The van der Waals surface area contributed by atoms with Gasteiger partial charge in [0, 0.05) is 0 Å². The Balaban J connectivity index is 3.29. The van der Waals surface area contributed by atoms with E-state index in [-0.39, 0.29) is 0 Å². The second-order valence-electron chi connectivity index (χ2n) is 2.46. The second kappa shape index (κ2) is 3.24. The number of alkyl halides is 3. The van der Waals surface area contributed by atoms with Gasteiger partial charge in [-0.2, -0.15) is 13.2 Å². The van der Waals surface area contributed by atoms with Crippen molar-refractivity contribution in [3.05, 3.63) is 29.3 Å². The lowest BCUT2D eigenvalue weighted by Gasteiger charge is -2.08. The van der Waals surface area contributed by atoms with Gasteiger partial charge in [0.25, 0.3) is 0 Å². The maximum Gasteiger partial charge on any atom is 0.419 e. The van der Waals surface area contributed by atoms with E-state index in [4.69, 9.17) is 11.1 Å². The lowest BCUT2D eigenvalue weighted by Crippen LogP contribution is -2.16. The first-order chi connectivity index (χ1) is 6.32. The van der Waals surface area contributed by atoms with Crippen molar-refractivity contribution in [1.29, 1.82) is 5.41 Å². The highest BCUT2D eigenvalue weighted by Crippen LogP contribution is 2.31. The van der Waals surface area contributed by atoms with Crippen LogP contribution in [0.4, 0.5) is 17.6 Å². The van der Waals surface area contributed by atoms with E-state index in [9.17, 15) is 17.6 Å². The summed E-state index contributed by atoms with van der Waals surface area (Å²) in [6.07, 6.45) is -4.42. The highest BCUT2D eigenvalue weighted by Gasteiger charge is 2.34. The lowest BCUT2D eigenvalue weighted by molar-refractivity contribution is -0.140. The summed E-state index contributed by atoms with van der Waals surface area (Å²) in [6, 6.07) is 0.400. The van der Waals surface area contributed by atoms with E-state index in [2.05, 4.69) is 4.98 Å². The van der Waals surface area contributed by atoms with Crippen LogP contribution >= 0.6 is 0 Å². The molecule has 3 nitrogen and oxygen atoms in total. The molecule has 0 atom stereocenters. The quantitative estimate of drug-likeness (QED) is 0.416. The number of aromatic nitrogens is 1. The zero-order valence-corrected chi connectivity index (χ0v) is 6.69. The van der Waals surface area contributed by atoms with E-state index < -0.39 is 29.1 Å². The van der Waals surface area contributed by atoms with E-state index in [0.717, 1.165) is 0 Å². The third-order valence-corrected chi connectivity index (χ3v) is 1.44. The number of amidine groups is 1. The minimum atomic E-state index is -4.81. The molecule has 0 aromatic carbocycles. The molecule has 0 bridgehead atoms. The third kappa shape index (κ3) is 1.98. The number of nitrogen functional groups attached to an aromatic ring is 1. The Morgan fingerprint density at radius 1 is 1.43 bits per heavy atom. The van der Waals surface area contributed by atoms with Crippen LogP contribution < -0.4 is 5.73 Å². The molecule has 0 aliphatic carbocycles. The normalized spacial score (nSPS) is 11.4. The van der Waals surface area contributed by atoms with Gasteiger partial charge >= 0.3 is 6.18 Å². The Hall–Kier alpha value is -1.66. The minimum Gasteiger partial charge on any atom is -0.382 e. The van der Waals surface area contributed by atoms with Crippen LogP contribution in [0.15, 0.2) is 12.3 Å². The Morgan fingerprint density at radius 3 is 2.43 bits per heavy atom. The number of pyridine rings is 1. The monoisotopic (exact) mass is 207 g/mol. The van der Waals surface area contributed by atoms with E-state index in [1.165, 1.54) is 0 Å². The molecule has 0 aliphatic rings. The molecule has 3 N–H and O–H groups in total. The smallest absolute Gasteiger partial charge is 0.382 e. The molecule has 1 aromatic heterocycles. The number of nitrogens with zero attached hydrogens (tertiary/aromatic N) is 1. The minimum absolute atomic E-state index is 0.388. The summed E-state index contributed by atoms with van der Waals surface area (Å²) < 4.78 is 49.0. The first kappa shape index (κ1) is 10.4. The summed E-state index contributed by atoms with van der Waals surface area (Å²) in [7, 11) is 0. The number of halogens is 4. The topological polar surface area (TPSA) is 62.8 Å². The van der Waals surface area contributed by atoms with Gasteiger partial charge in [-0.3, -0.25) is 5.41 Å². The number of hydrogen-bond donors (Lipinski definition) is 2. The predicted molar refractivity (Wildman–Crippen MR) is 40.2 cm³/mol. The molecule has 7 heteroatoms. The van der Waals surface area contributed by atoms with Crippen molar-refractivity contribution in [2.24, 2.45) is 5.73 Å². The molecule has 14 heavy (non-hydrogen) atoms. The summed E-state index contributed by atoms with van der Waals surface area (Å²) in [6.45, 7) is 0. The molecule has 0 spiro atoms. The zero-order valence-electron chi connectivity index (χ0n) is 6.69. The average Bonchev–Trinajstić information content (AvgIpc) is 2.02. The molecule has 0 radical (unpaired) electrons. The molecule has 0 fully saturated rings. The standard InChI is InChI=1S/C7H5F4N3/c8-4-2-14-5(6(12)13)1-3(4)7(9,10)11/h1-2H,(H3,12,13). The van der Waals surface area contributed by atoms with E-state index >= 15 is 0 Å². The van der Waals surface area contributed by atoms with Gasteiger partial charge in [0.1, 0.15) is 11.5 Å². The van der Waals surface area contributed by atoms with Crippen molar-refractivity contribution in [2.75, 3.05) is 0 Å². The average molecular weight is 207 g/mol. The molecule has 0 saturated heterocycles. The Labute approximate surface area is 76.1 Å². The Bertz CT molecular complexity index is 372. The van der Waals surface area contributed by atoms with Crippen LogP contribution in [-0.2, 0) is 6.18 Å². The first-order valence-electron chi connectivity index (χ1n) is 3.39. The van der Waals surface area contributed by atoms with Crippen molar-refractivity contribution in [3.8, 4) is 0 Å². The Morgan fingerprint density at radius 2 is 2.00 bits per heavy atom. The molecule has 0 saturated carbocycles. The summed E-state index contributed by atoms with van der Waals surface area (Å²) in [5.41, 5.74) is 3.03. The molecule has 1 aromatic rings. The van der Waals surface area contributed by atoms with Crippen LogP contribution in [0.5, 0.6) is 0 Å². The van der Waals surface area contributed by atoms with Crippen molar-refractivity contribution >= 4 is 5.84 Å². The fraction of sp³-hybridized carbons (Fsp3) is 0.143. The fourth-order valence-corrected chi connectivity index (χ4v) is 0.803. The predicted octanol–water partition coefficient (Wildman–Crippen LogP) is 1.52. The maximum absolute atomic E-state index is 12.6. The van der Waals surface area contributed by atoms with Crippen LogP contribution in [0.2, 0.25) is 0 Å². The van der Waals surface area contributed by atoms with Gasteiger partial charge in [-0.05, 0) is 6.07 Å². The largest absolute Gasteiger partial charge is 0.419 e. The number of nitrogens with two attached hydrogens (primary N) is 1. The second-order valence-corrected chi connectivity index (χ2v) is 2.46. The van der Waals surface area contributed by atoms with Gasteiger partial charge in [-0.25, -0.2) is 9.37 Å². The third-order valence-electron chi connectivity index (χ3n) is 1.44. The molecule has 1 rings (SSSR count). The fourth-order valence-electron chi connectivity index (χ4n) is 0.803. The summed E-state index contributed by atoms with van der Waals surface area (Å²) in [4.78, 5) is 3.23. The molecule has 76 valence electrons. The molecule has 0 aliphatic heterocycles. The van der Waals surface area contributed by atoms with Crippen LogP contribution in [0.1, 0.15) is 11.3 Å². The van der Waals surface area contributed by atoms with Crippen LogP contribution in [0.3, 0.4) is 0 Å². The van der Waals surface area contributed by atoms with Gasteiger partial charge in [-0.15, -0.1) is 0 Å². The van der Waals surface area contributed by atoms with Gasteiger partial charge in [0.2, 0.25) is 0 Å². The van der Waals surface area contributed by atoms with Gasteiger partial charge in [0.05, 0.1) is 11.8 Å². The van der Waals surface area contributed by atoms with E-state index in [0.29, 0.717) is 12.3 Å². The number of hydrogen-bond acceptors (Lipinski definition) is 2. The van der Waals surface area contributed by atoms with Crippen LogP contribution in [-0.4, -0.2) is 10.8 Å². The van der Waals surface area contributed by atoms with E-state index in [1.54, 1.807) is 0 Å². The van der Waals surface area contributed by atoms with Crippen molar-refractivity contribution in [1.82, 2.24) is 4.98 Å². The van der Waals surface area contributed by atoms with Gasteiger partial charge < -0.3 is 5.73 Å². The molecular weight excluding hydrogens is 202 g/mol. The molecule has 1 heterocycles. The number of rotatable bonds is 1. The molecule has 0 amide bonds. The molecular formula is C7H5F4N3. The number of nitrogens with one attached hydrogen (secondary N) is 1.